The molecule has 0 unspecified atom stereocenters. The molecule has 0 atom stereocenters. The van der Waals surface area contributed by atoms with Gasteiger partial charge in [-0.1, -0.05) is 0 Å². The van der Waals surface area contributed by atoms with Crippen molar-refractivity contribution in [2.24, 2.45) is 0 Å². The largest absolute Gasteiger partial charge is 0.439 e. The molecule has 1 aromatic heterocycles. The Kier molecular flexibility index (Phi) is 6.97. The molecule has 6 nitrogen and oxygen atoms in total. The molecule has 0 fully saturated rings. The maximum absolute atomic E-state index is 12.8. The third-order valence-corrected chi connectivity index (χ3v) is 3.09. The summed E-state index contributed by atoms with van der Waals surface area (Å²) in [6.07, 6.45) is 3.24. The van der Waals surface area contributed by atoms with Gasteiger partial charge in [0.1, 0.15) is 11.6 Å². The van der Waals surface area contributed by atoms with Gasteiger partial charge in [0.25, 0.3) is 0 Å². The van der Waals surface area contributed by atoms with E-state index in [4.69, 9.17) is 9.47 Å². The second kappa shape index (κ2) is 9.46. The van der Waals surface area contributed by atoms with Gasteiger partial charge in [0.05, 0.1) is 11.9 Å². The van der Waals surface area contributed by atoms with Crippen molar-refractivity contribution in [1.82, 2.24) is 10.3 Å². The maximum atomic E-state index is 12.8. The molecule has 2 aromatic rings. The molecule has 2 amide bonds. The molecule has 2 N–H and O–H groups in total. The van der Waals surface area contributed by atoms with Crippen LogP contribution in [0.5, 0.6) is 11.6 Å². The molecule has 0 bridgehead atoms. The van der Waals surface area contributed by atoms with Crippen LogP contribution in [0.25, 0.3) is 0 Å². The van der Waals surface area contributed by atoms with Crippen LogP contribution in [-0.4, -0.2) is 31.3 Å². The summed E-state index contributed by atoms with van der Waals surface area (Å²) in [5.41, 5.74) is 0.552. The van der Waals surface area contributed by atoms with E-state index >= 15 is 0 Å². The van der Waals surface area contributed by atoms with E-state index < -0.39 is 0 Å². The van der Waals surface area contributed by atoms with Crippen molar-refractivity contribution < 1.29 is 18.7 Å². The fourth-order valence-electron chi connectivity index (χ4n) is 1.89. The molecule has 0 aliphatic heterocycles. The number of carbonyl (C=O) groups is 1. The number of unbranched alkanes of at least 4 members (excludes halogenated alkanes) is 1. The Morgan fingerprint density at radius 2 is 1.96 bits per heavy atom. The Hall–Kier alpha value is -2.67. The molecule has 2 rings (SSSR count). The van der Waals surface area contributed by atoms with Crippen molar-refractivity contribution in [3.63, 3.8) is 0 Å². The number of benzene rings is 1. The van der Waals surface area contributed by atoms with Gasteiger partial charge < -0.3 is 20.1 Å². The van der Waals surface area contributed by atoms with Gasteiger partial charge in [-0.15, -0.1) is 0 Å². The Morgan fingerprint density at radius 1 is 1.17 bits per heavy atom. The second-order valence-corrected chi connectivity index (χ2v) is 5.02. The number of nitrogens with one attached hydrogen (secondary N) is 2. The molecule has 7 heteroatoms. The number of rotatable bonds is 8. The Labute approximate surface area is 140 Å². The standard InChI is InChI=1S/C17H20FN3O3/c1-23-11-3-2-10-19-17(22)21-14-6-9-16(20-12-14)24-15-7-4-13(18)5-8-15/h4-9,12H,2-3,10-11H2,1H3,(H2,19,21,22). The summed E-state index contributed by atoms with van der Waals surface area (Å²) in [5.74, 6) is 0.508. The number of pyridine rings is 1. The zero-order chi connectivity index (χ0) is 17.2. The highest BCUT2D eigenvalue weighted by molar-refractivity contribution is 5.88. The summed E-state index contributed by atoms with van der Waals surface area (Å²) in [4.78, 5) is 15.8. The normalized spacial score (nSPS) is 10.2. The number of anilines is 1. The van der Waals surface area contributed by atoms with Gasteiger partial charge in [0.15, 0.2) is 0 Å². The van der Waals surface area contributed by atoms with Gasteiger partial charge in [-0.3, -0.25) is 0 Å². The van der Waals surface area contributed by atoms with Crippen LogP contribution in [0.4, 0.5) is 14.9 Å². The summed E-state index contributed by atoms with van der Waals surface area (Å²) in [7, 11) is 1.65. The fraction of sp³-hybridized carbons (Fsp3) is 0.294. The Balaban J connectivity index is 1.77. The van der Waals surface area contributed by atoms with E-state index in [-0.39, 0.29) is 11.8 Å². The molecule has 0 radical (unpaired) electrons. The summed E-state index contributed by atoms with van der Waals surface area (Å²) in [6.45, 7) is 1.26. The van der Waals surface area contributed by atoms with Gasteiger partial charge in [-0.2, -0.15) is 0 Å². The SMILES string of the molecule is COCCCCNC(=O)Nc1ccc(Oc2ccc(F)cc2)nc1. The van der Waals surface area contributed by atoms with Crippen LogP contribution in [0.1, 0.15) is 12.8 Å². The first-order chi connectivity index (χ1) is 11.7. The number of carbonyl (C=O) groups excluding carboxylic acids is 1. The van der Waals surface area contributed by atoms with Crippen LogP contribution in [0.15, 0.2) is 42.6 Å². The molecular weight excluding hydrogens is 313 g/mol. The van der Waals surface area contributed by atoms with E-state index in [2.05, 4.69) is 15.6 Å². The number of hydrogen-bond acceptors (Lipinski definition) is 4. The van der Waals surface area contributed by atoms with Crippen LogP contribution in [0.3, 0.4) is 0 Å². The average molecular weight is 333 g/mol. The van der Waals surface area contributed by atoms with E-state index in [1.165, 1.54) is 30.5 Å². The number of ether oxygens (including phenoxy) is 2. The molecule has 0 aliphatic carbocycles. The molecular formula is C17H20FN3O3. The molecule has 24 heavy (non-hydrogen) atoms. The number of hydrogen-bond donors (Lipinski definition) is 2. The minimum atomic E-state index is -0.330. The maximum Gasteiger partial charge on any atom is 0.319 e. The number of halogens is 1. The fourth-order valence-corrected chi connectivity index (χ4v) is 1.89. The van der Waals surface area contributed by atoms with Crippen molar-refractivity contribution in [3.05, 3.63) is 48.4 Å². The van der Waals surface area contributed by atoms with Crippen molar-refractivity contribution in [1.29, 1.82) is 0 Å². The van der Waals surface area contributed by atoms with Crippen LogP contribution < -0.4 is 15.4 Å². The summed E-state index contributed by atoms with van der Waals surface area (Å²) >= 11 is 0. The van der Waals surface area contributed by atoms with Gasteiger partial charge in [0.2, 0.25) is 5.88 Å². The van der Waals surface area contributed by atoms with Crippen molar-refractivity contribution in [2.45, 2.75) is 12.8 Å². The van der Waals surface area contributed by atoms with E-state index in [1.807, 2.05) is 0 Å². The first-order valence-corrected chi connectivity index (χ1v) is 7.60. The highest BCUT2D eigenvalue weighted by Gasteiger charge is 2.03. The van der Waals surface area contributed by atoms with Gasteiger partial charge in [-0.05, 0) is 43.2 Å². The molecule has 0 saturated heterocycles. The number of methoxy groups -OCH3 is 1. The Morgan fingerprint density at radius 3 is 2.62 bits per heavy atom. The summed E-state index contributed by atoms with van der Waals surface area (Å²) < 4.78 is 23.2. The molecule has 0 aliphatic rings. The minimum Gasteiger partial charge on any atom is -0.439 e. The van der Waals surface area contributed by atoms with Gasteiger partial charge in [-0.25, -0.2) is 14.2 Å². The smallest absolute Gasteiger partial charge is 0.319 e. The highest BCUT2D eigenvalue weighted by Crippen LogP contribution is 2.20. The first-order valence-electron chi connectivity index (χ1n) is 7.60. The highest BCUT2D eigenvalue weighted by atomic mass is 19.1. The lowest BCUT2D eigenvalue weighted by Gasteiger charge is -2.08. The van der Waals surface area contributed by atoms with Crippen LogP contribution >= 0.6 is 0 Å². The minimum absolute atomic E-state index is 0.290. The van der Waals surface area contributed by atoms with E-state index in [0.29, 0.717) is 30.5 Å². The predicted molar refractivity (Wildman–Crippen MR) is 88.8 cm³/mol. The van der Waals surface area contributed by atoms with E-state index in [0.717, 1.165) is 12.8 Å². The van der Waals surface area contributed by atoms with Crippen molar-refractivity contribution in [2.75, 3.05) is 25.6 Å². The summed E-state index contributed by atoms with van der Waals surface area (Å²) in [6, 6.07) is 8.65. The van der Waals surface area contributed by atoms with E-state index in [1.54, 1.807) is 19.2 Å². The van der Waals surface area contributed by atoms with Crippen LogP contribution in [0, 0.1) is 5.82 Å². The lowest BCUT2D eigenvalue weighted by molar-refractivity contribution is 0.192. The van der Waals surface area contributed by atoms with Crippen molar-refractivity contribution in [3.8, 4) is 11.6 Å². The summed E-state index contributed by atoms with van der Waals surface area (Å²) in [5, 5.41) is 5.43. The molecule has 0 spiro atoms. The zero-order valence-corrected chi connectivity index (χ0v) is 13.4. The van der Waals surface area contributed by atoms with Gasteiger partial charge >= 0.3 is 6.03 Å². The lowest BCUT2D eigenvalue weighted by atomic mass is 10.3. The second-order valence-electron chi connectivity index (χ2n) is 5.02. The van der Waals surface area contributed by atoms with Crippen LogP contribution in [0.2, 0.25) is 0 Å². The Bertz CT molecular complexity index is 633. The number of aromatic nitrogens is 1. The van der Waals surface area contributed by atoms with Crippen molar-refractivity contribution >= 4 is 11.7 Å². The quantitative estimate of drug-likeness (QED) is 0.725. The molecule has 1 aromatic carbocycles. The average Bonchev–Trinajstić information content (AvgIpc) is 2.58. The zero-order valence-electron chi connectivity index (χ0n) is 13.4. The topological polar surface area (TPSA) is 72.5 Å². The number of urea groups is 1. The number of amides is 2. The number of nitrogens with zero attached hydrogens (tertiary/aromatic N) is 1. The monoisotopic (exact) mass is 333 g/mol. The third-order valence-electron chi connectivity index (χ3n) is 3.09. The molecule has 1 heterocycles. The first kappa shape index (κ1) is 17.7. The molecule has 0 saturated carbocycles. The lowest BCUT2D eigenvalue weighted by Crippen LogP contribution is -2.29. The predicted octanol–water partition coefficient (Wildman–Crippen LogP) is 3.56. The molecule has 128 valence electrons. The third kappa shape index (κ3) is 6.21. The van der Waals surface area contributed by atoms with Crippen LogP contribution in [-0.2, 0) is 4.74 Å². The van der Waals surface area contributed by atoms with E-state index in [9.17, 15) is 9.18 Å². The van der Waals surface area contributed by atoms with Gasteiger partial charge in [0, 0.05) is 26.3 Å².